The second-order valence-electron chi connectivity index (χ2n) is 5.65. The number of alkyl halides is 2. The number of hydrogen-bond donors (Lipinski definition) is 1. The maximum atomic E-state index is 12.3. The Morgan fingerprint density at radius 3 is 2.30 bits per heavy atom. The van der Waals surface area contributed by atoms with Gasteiger partial charge in [0.15, 0.2) is 0 Å². The summed E-state index contributed by atoms with van der Waals surface area (Å²) in [4.78, 5) is 12.3. The van der Waals surface area contributed by atoms with E-state index in [1.807, 2.05) is 30.3 Å². The molecule has 0 aliphatic heterocycles. The molecule has 4 nitrogen and oxygen atoms in total. The Balaban J connectivity index is 1.80. The lowest BCUT2D eigenvalue weighted by Gasteiger charge is -2.19. The van der Waals surface area contributed by atoms with Crippen molar-refractivity contribution in [3.63, 3.8) is 0 Å². The van der Waals surface area contributed by atoms with Gasteiger partial charge in [-0.1, -0.05) is 42.5 Å². The normalized spacial score (nSPS) is 12.3. The minimum atomic E-state index is -2.88. The smallest absolute Gasteiger partial charge is 0.387 e. The number of benzene rings is 2. The monoisotopic (exact) mass is 369 g/mol. The molecule has 138 valence electrons. The summed E-state index contributed by atoms with van der Waals surface area (Å²) in [7, 11) is 0. The molecule has 27 heavy (non-hydrogen) atoms. The van der Waals surface area contributed by atoms with Crippen LogP contribution in [0.25, 0.3) is 6.08 Å². The van der Waals surface area contributed by atoms with Gasteiger partial charge in [-0.3, -0.25) is 4.79 Å². The molecule has 0 radical (unpaired) electrons. The molecular weight excluding hydrogens is 352 g/mol. The maximum absolute atomic E-state index is 12.3. The number of carbonyl (C=O) groups is 1. The van der Waals surface area contributed by atoms with Crippen LogP contribution in [0.1, 0.15) is 22.9 Å². The third-order valence-corrected chi connectivity index (χ3v) is 3.80. The summed E-state index contributed by atoms with van der Waals surface area (Å²) in [5, 5.41) is 2.92. The first-order valence-electron chi connectivity index (χ1n) is 8.23. The lowest BCUT2D eigenvalue weighted by atomic mass is 9.98. The van der Waals surface area contributed by atoms with Crippen molar-refractivity contribution in [1.82, 2.24) is 5.32 Å². The van der Waals surface area contributed by atoms with Gasteiger partial charge in [0.25, 0.3) is 0 Å². The Morgan fingerprint density at radius 1 is 0.963 bits per heavy atom. The number of furan rings is 1. The molecule has 1 aromatic heterocycles. The summed E-state index contributed by atoms with van der Waals surface area (Å²) in [6, 6.07) is 18.6. The second kappa shape index (κ2) is 8.80. The molecule has 2 aromatic carbocycles. The van der Waals surface area contributed by atoms with Crippen molar-refractivity contribution in [2.24, 2.45) is 0 Å². The zero-order valence-corrected chi connectivity index (χ0v) is 14.2. The van der Waals surface area contributed by atoms with Crippen LogP contribution >= 0.6 is 0 Å². The Labute approximate surface area is 155 Å². The highest BCUT2D eigenvalue weighted by molar-refractivity contribution is 5.91. The van der Waals surface area contributed by atoms with Gasteiger partial charge in [0.05, 0.1) is 12.3 Å². The number of amides is 1. The molecule has 0 saturated carbocycles. The molecular formula is C21H17F2NO3. The molecule has 3 aromatic rings. The van der Waals surface area contributed by atoms with Crippen LogP contribution in [0.4, 0.5) is 8.78 Å². The van der Waals surface area contributed by atoms with E-state index >= 15 is 0 Å². The number of carbonyl (C=O) groups excluding carboxylic acids is 1. The fourth-order valence-corrected chi connectivity index (χ4v) is 2.58. The molecule has 0 saturated heterocycles. The van der Waals surface area contributed by atoms with E-state index in [4.69, 9.17) is 4.42 Å². The minimum absolute atomic E-state index is 0.0598. The van der Waals surface area contributed by atoms with Gasteiger partial charge in [-0.25, -0.2) is 0 Å². The van der Waals surface area contributed by atoms with E-state index in [-0.39, 0.29) is 11.7 Å². The average Bonchev–Trinajstić information content (AvgIpc) is 3.19. The molecule has 0 aliphatic carbocycles. The van der Waals surface area contributed by atoms with Gasteiger partial charge in [-0.15, -0.1) is 0 Å². The highest BCUT2D eigenvalue weighted by atomic mass is 19.3. The van der Waals surface area contributed by atoms with E-state index in [2.05, 4.69) is 10.1 Å². The van der Waals surface area contributed by atoms with Crippen LogP contribution < -0.4 is 10.1 Å². The highest BCUT2D eigenvalue weighted by Crippen LogP contribution is 2.25. The molecule has 1 atom stereocenters. The van der Waals surface area contributed by atoms with Gasteiger partial charge in [-0.2, -0.15) is 8.78 Å². The van der Waals surface area contributed by atoms with Crippen molar-refractivity contribution in [1.29, 1.82) is 0 Å². The summed E-state index contributed by atoms with van der Waals surface area (Å²) < 4.78 is 34.2. The molecule has 0 fully saturated rings. The first kappa shape index (κ1) is 18.4. The van der Waals surface area contributed by atoms with Gasteiger partial charge in [0, 0.05) is 6.08 Å². The quantitative estimate of drug-likeness (QED) is 0.609. The summed E-state index contributed by atoms with van der Waals surface area (Å²) in [5.41, 5.74) is 1.60. The SMILES string of the molecule is O=C(/C=C/c1ccco1)N[C@H](c1ccccc1)c1ccc(OC(F)F)cc1. The maximum Gasteiger partial charge on any atom is 0.387 e. The standard InChI is InChI=1S/C21H17F2NO3/c22-21(23)27-18-10-8-16(9-11-18)20(15-5-2-1-3-6-15)24-19(25)13-12-17-7-4-14-26-17/h1-14,20-21H,(H,24,25)/b13-12+/t20-/m1/s1. The van der Waals surface area contributed by atoms with Crippen molar-refractivity contribution in [2.45, 2.75) is 12.7 Å². The average molecular weight is 369 g/mol. The third-order valence-electron chi connectivity index (χ3n) is 3.80. The summed E-state index contributed by atoms with van der Waals surface area (Å²) in [6.07, 6.45) is 4.47. The zero-order valence-electron chi connectivity index (χ0n) is 14.2. The first-order chi connectivity index (χ1) is 13.1. The van der Waals surface area contributed by atoms with E-state index < -0.39 is 12.7 Å². The van der Waals surface area contributed by atoms with Crippen molar-refractivity contribution in [2.75, 3.05) is 0 Å². The van der Waals surface area contributed by atoms with E-state index in [0.717, 1.165) is 11.1 Å². The van der Waals surface area contributed by atoms with Crippen molar-refractivity contribution >= 4 is 12.0 Å². The lowest BCUT2D eigenvalue weighted by molar-refractivity contribution is -0.116. The van der Waals surface area contributed by atoms with E-state index in [1.165, 1.54) is 24.5 Å². The number of hydrogen-bond acceptors (Lipinski definition) is 3. The van der Waals surface area contributed by atoms with Crippen LogP contribution in [0, 0.1) is 0 Å². The van der Waals surface area contributed by atoms with Crippen LogP contribution in [0.3, 0.4) is 0 Å². The number of rotatable bonds is 7. The van der Waals surface area contributed by atoms with Gasteiger partial charge in [0.1, 0.15) is 11.5 Å². The second-order valence-corrected chi connectivity index (χ2v) is 5.65. The topological polar surface area (TPSA) is 51.5 Å². The van der Waals surface area contributed by atoms with Gasteiger partial charge >= 0.3 is 6.61 Å². The Bertz CT molecular complexity index is 876. The molecule has 0 aliphatic rings. The van der Waals surface area contributed by atoms with Crippen molar-refractivity contribution < 1.29 is 22.7 Å². The van der Waals surface area contributed by atoms with Crippen LogP contribution in [0.5, 0.6) is 5.75 Å². The van der Waals surface area contributed by atoms with Gasteiger partial charge in [0.2, 0.25) is 5.91 Å². The number of halogens is 2. The van der Waals surface area contributed by atoms with Crippen LogP contribution in [-0.4, -0.2) is 12.5 Å². The third kappa shape index (κ3) is 5.28. The van der Waals surface area contributed by atoms with E-state index in [0.29, 0.717) is 5.76 Å². The first-order valence-corrected chi connectivity index (χ1v) is 8.23. The van der Waals surface area contributed by atoms with Crippen LogP contribution in [0.15, 0.2) is 83.5 Å². The molecule has 0 bridgehead atoms. The Kier molecular flexibility index (Phi) is 5.99. The molecule has 0 spiro atoms. The fourth-order valence-electron chi connectivity index (χ4n) is 2.58. The predicted molar refractivity (Wildman–Crippen MR) is 97.2 cm³/mol. The fraction of sp³-hybridized carbons (Fsp3) is 0.0952. The minimum Gasteiger partial charge on any atom is -0.465 e. The predicted octanol–water partition coefficient (Wildman–Crippen LogP) is 4.80. The van der Waals surface area contributed by atoms with E-state index in [9.17, 15) is 13.6 Å². The largest absolute Gasteiger partial charge is 0.465 e. The summed E-state index contributed by atoms with van der Waals surface area (Å²) in [5.74, 6) is 0.313. The Hall–Kier alpha value is -3.41. The highest BCUT2D eigenvalue weighted by Gasteiger charge is 2.16. The molecule has 0 unspecified atom stereocenters. The molecule has 1 N–H and O–H groups in total. The van der Waals surface area contributed by atoms with Crippen LogP contribution in [-0.2, 0) is 4.79 Å². The molecule has 1 amide bonds. The zero-order chi connectivity index (χ0) is 19.1. The molecule has 6 heteroatoms. The van der Waals surface area contributed by atoms with Gasteiger partial charge in [-0.05, 0) is 41.5 Å². The summed E-state index contributed by atoms with van der Waals surface area (Å²) in [6.45, 7) is -2.88. The Morgan fingerprint density at radius 2 is 1.67 bits per heavy atom. The van der Waals surface area contributed by atoms with Gasteiger partial charge < -0.3 is 14.5 Å². The molecule has 1 heterocycles. The lowest BCUT2D eigenvalue weighted by Crippen LogP contribution is -2.27. The number of ether oxygens (including phenoxy) is 1. The summed E-state index contributed by atoms with van der Waals surface area (Å²) >= 11 is 0. The number of nitrogens with one attached hydrogen (secondary N) is 1. The van der Waals surface area contributed by atoms with Crippen LogP contribution in [0.2, 0.25) is 0 Å². The van der Waals surface area contributed by atoms with Crippen molar-refractivity contribution in [3.8, 4) is 5.75 Å². The van der Waals surface area contributed by atoms with Crippen molar-refractivity contribution in [3.05, 3.63) is 96.0 Å². The molecule has 3 rings (SSSR count). The van der Waals surface area contributed by atoms with E-state index in [1.54, 1.807) is 30.3 Å².